The number of carboxylic acids is 1. The Morgan fingerprint density at radius 2 is 2.16 bits per heavy atom. The number of halogens is 2. The summed E-state index contributed by atoms with van der Waals surface area (Å²) >= 11 is 0. The lowest BCUT2D eigenvalue weighted by atomic mass is 10.1. The summed E-state index contributed by atoms with van der Waals surface area (Å²) in [5, 5.41) is 8.93. The summed E-state index contributed by atoms with van der Waals surface area (Å²) < 4.78 is 26.9. The number of nitrogens with zero attached hydrogens (tertiary/aromatic N) is 1. The lowest BCUT2D eigenvalue weighted by Gasteiger charge is -2.28. The van der Waals surface area contributed by atoms with Gasteiger partial charge in [0.05, 0.1) is 6.54 Å². The zero-order valence-corrected chi connectivity index (χ0v) is 10.8. The van der Waals surface area contributed by atoms with E-state index in [-0.39, 0.29) is 12.1 Å². The molecule has 3 nitrogen and oxygen atoms in total. The second-order valence-electron chi connectivity index (χ2n) is 5.11. The van der Waals surface area contributed by atoms with Crippen molar-refractivity contribution < 1.29 is 18.7 Å². The molecule has 19 heavy (non-hydrogen) atoms. The summed E-state index contributed by atoms with van der Waals surface area (Å²) in [6.07, 6.45) is 2.16. The average Bonchev–Trinajstić information content (AvgIpc) is 3.14. The maximum absolute atomic E-state index is 13.7. The fourth-order valence-corrected chi connectivity index (χ4v) is 2.20. The van der Waals surface area contributed by atoms with Gasteiger partial charge in [0.1, 0.15) is 11.6 Å². The largest absolute Gasteiger partial charge is 0.480 e. The molecule has 0 amide bonds. The van der Waals surface area contributed by atoms with Crippen molar-refractivity contribution >= 4 is 5.97 Å². The molecule has 5 heteroatoms. The molecule has 0 aromatic heterocycles. The first-order valence-corrected chi connectivity index (χ1v) is 6.38. The number of rotatable bonds is 6. The maximum atomic E-state index is 13.7. The molecule has 1 unspecified atom stereocenters. The van der Waals surface area contributed by atoms with Gasteiger partial charge < -0.3 is 5.11 Å². The van der Waals surface area contributed by atoms with Crippen LogP contribution in [-0.2, 0) is 4.79 Å². The van der Waals surface area contributed by atoms with E-state index in [1.54, 1.807) is 11.8 Å². The molecule has 0 heterocycles. The fourth-order valence-electron chi connectivity index (χ4n) is 2.20. The van der Waals surface area contributed by atoms with Crippen LogP contribution in [0.4, 0.5) is 8.78 Å². The van der Waals surface area contributed by atoms with Crippen molar-refractivity contribution in [3.8, 4) is 0 Å². The second kappa shape index (κ2) is 5.65. The summed E-state index contributed by atoms with van der Waals surface area (Å²) in [6.45, 7) is 2.17. The van der Waals surface area contributed by atoms with Crippen LogP contribution in [0.25, 0.3) is 0 Å². The van der Waals surface area contributed by atoms with Crippen LogP contribution in [0, 0.1) is 17.6 Å². The van der Waals surface area contributed by atoms with Crippen molar-refractivity contribution in [1.29, 1.82) is 0 Å². The monoisotopic (exact) mass is 269 g/mol. The molecule has 0 saturated heterocycles. The van der Waals surface area contributed by atoms with Crippen molar-refractivity contribution in [2.75, 3.05) is 13.1 Å². The predicted molar refractivity (Wildman–Crippen MR) is 66.7 cm³/mol. The van der Waals surface area contributed by atoms with E-state index in [4.69, 9.17) is 5.11 Å². The zero-order valence-electron chi connectivity index (χ0n) is 10.8. The standard InChI is InChI=1S/C14H17F2NO2/c1-9(12-6-11(15)4-5-13(12)16)17(8-14(18)19)7-10-2-3-10/h4-6,9-10H,2-3,7-8H2,1H3,(H,18,19). The third kappa shape index (κ3) is 3.73. The summed E-state index contributed by atoms with van der Waals surface area (Å²) in [4.78, 5) is 12.6. The number of carbonyl (C=O) groups is 1. The molecule has 1 fully saturated rings. The predicted octanol–water partition coefficient (Wildman–Crippen LogP) is 2.82. The van der Waals surface area contributed by atoms with Crippen molar-refractivity contribution in [2.24, 2.45) is 5.92 Å². The van der Waals surface area contributed by atoms with E-state index >= 15 is 0 Å². The molecule has 0 radical (unpaired) electrons. The normalized spacial score (nSPS) is 16.6. The first kappa shape index (κ1) is 13.9. The smallest absolute Gasteiger partial charge is 0.317 e. The Kier molecular flexibility index (Phi) is 4.14. The van der Waals surface area contributed by atoms with Gasteiger partial charge in [-0.3, -0.25) is 9.69 Å². The minimum absolute atomic E-state index is 0.159. The SMILES string of the molecule is CC(c1cc(F)ccc1F)N(CC(=O)O)CC1CC1. The maximum Gasteiger partial charge on any atom is 0.317 e. The van der Waals surface area contributed by atoms with Crippen LogP contribution in [0.1, 0.15) is 31.4 Å². The van der Waals surface area contributed by atoms with E-state index in [0.717, 1.165) is 31.0 Å². The summed E-state index contributed by atoms with van der Waals surface area (Å²) in [7, 11) is 0. The van der Waals surface area contributed by atoms with E-state index in [1.165, 1.54) is 0 Å². The fraction of sp³-hybridized carbons (Fsp3) is 0.500. The molecular formula is C14H17F2NO2. The highest BCUT2D eigenvalue weighted by molar-refractivity contribution is 5.69. The van der Waals surface area contributed by atoms with E-state index in [1.807, 2.05) is 0 Å². The molecule has 1 aromatic carbocycles. The van der Waals surface area contributed by atoms with Gasteiger partial charge in [0.2, 0.25) is 0 Å². The Bertz CT molecular complexity index is 475. The Balaban J connectivity index is 2.18. The van der Waals surface area contributed by atoms with Gasteiger partial charge in [-0.15, -0.1) is 0 Å². The van der Waals surface area contributed by atoms with Gasteiger partial charge in [0.15, 0.2) is 0 Å². The van der Waals surface area contributed by atoms with E-state index in [9.17, 15) is 13.6 Å². The molecule has 1 saturated carbocycles. The number of carboxylic acid groups (broad SMARTS) is 1. The van der Waals surface area contributed by atoms with Crippen molar-refractivity contribution in [3.05, 3.63) is 35.4 Å². The van der Waals surface area contributed by atoms with Gasteiger partial charge in [-0.05, 0) is 43.9 Å². The number of benzene rings is 1. The quantitative estimate of drug-likeness (QED) is 0.863. The summed E-state index contributed by atoms with van der Waals surface area (Å²) in [5.74, 6) is -1.48. The molecule has 0 aliphatic heterocycles. The van der Waals surface area contributed by atoms with Gasteiger partial charge in [-0.1, -0.05) is 0 Å². The van der Waals surface area contributed by atoms with Crippen molar-refractivity contribution in [1.82, 2.24) is 4.90 Å². The van der Waals surface area contributed by atoms with Crippen LogP contribution >= 0.6 is 0 Å². The van der Waals surface area contributed by atoms with Gasteiger partial charge in [0.25, 0.3) is 0 Å². The molecule has 2 rings (SSSR count). The van der Waals surface area contributed by atoms with Crippen molar-refractivity contribution in [2.45, 2.75) is 25.8 Å². The molecule has 0 spiro atoms. The molecule has 1 aromatic rings. The van der Waals surface area contributed by atoms with Crippen LogP contribution in [0.15, 0.2) is 18.2 Å². The highest BCUT2D eigenvalue weighted by Gasteiger charge is 2.29. The Hall–Kier alpha value is -1.49. The van der Waals surface area contributed by atoms with E-state index in [0.29, 0.717) is 12.5 Å². The first-order valence-electron chi connectivity index (χ1n) is 6.38. The lowest BCUT2D eigenvalue weighted by Crippen LogP contribution is -2.34. The number of hydrogen-bond donors (Lipinski definition) is 1. The lowest BCUT2D eigenvalue weighted by molar-refractivity contribution is -0.139. The minimum Gasteiger partial charge on any atom is -0.480 e. The van der Waals surface area contributed by atoms with E-state index in [2.05, 4.69) is 0 Å². The highest BCUT2D eigenvalue weighted by atomic mass is 19.1. The molecule has 1 aliphatic rings. The van der Waals surface area contributed by atoms with Gasteiger partial charge in [-0.25, -0.2) is 8.78 Å². The van der Waals surface area contributed by atoms with E-state index < -0.39 is 23.6 Å². The Labute approximate surface area is 110 Å². The summed E-state index contributed by atoms with van der Waals surface area (Å²) in [5.41, 5.74) is 0.210. The van der Waals surface area contributed by atoms with Gasteiger partial charge in [0, 0.05) is 18.2 Å². The molecule has 0 bridgehead atoms. The third-order valence-electron chi connectivity index (χ3n) is 3.48. The summed E-state index contributed by atoms with van der Waals surface area (Å²) in [6, 6.07) is 2.83. The first-order chi connectivity index (χ1) is 8.97. The number of aliphatic carboxylic acids is 1. The van der Waals surface area contributed by atoms with Crippen LogP contribution in [0.3, 0.4) is 0 Å². The second-order valence-corrected chi connectivity index (χ2v) is 5.11. The Morgan fingerprint density at radius 3 is 2.74 bits per heavy atom. The van der Waals surface area contributed by atoms with Crippen LogP contribution in [0.2, 0.25) is 0 Å². The molecule has 1 atom stereocenters. The van der Waals surface area contributed by atoms with Crippen LogP contribution in [-0.4, -0.2) is 29.1 Å². The zero-order chi connectivity index (χ0) is 14.0. The topological polar surface area (TPSA) is 40.5 Å². The molecular weight excluding hydrogens is 252 g/mol. The molecule has 1 aliphatic carbocycles. The number of hydrogen-bond acceptors (Lipinski definition) is 2. The van der Waals surface area contributed by atoms with Gasteiger partial charge >= 0.3 is 5.97 Å². The minimum atomic E-state index is -0.954. The average molecular weight is 269 g/mol. The van der Waals surface area contributed by atoms with Crippen LogP contribution < -0.4 is 0 Å². The Morgan fingerprint density at radius 1 is 1.47 bits per heavy atom. The van der Waals surface area contributed by atoms with Crippen LogP contribution in [0.5, 0.6) is 0 Å². The highest BCUT2D eigenvalue weighted by Crippen LogP contribution is 2.33. The molecule has 1 N–H and O–H groups in total. The van der Waals surface area contributed by atoms with Crippen molar-refractivity contribution in [3.63, 3.8) is 0 Å². The third-order valence-corrected chi connectivity index (χ3v) is 3.48. The van der Waals surface area contributed by atoms with Gasteiger partial charge in [-0.2, -0.15) is 0 Å². The molecule has 104 valence electrons.